The van der Waals surface area contributed by atoms with Crippen molar-refractivity contribution in [1.29, 1.82) is 0 Å². The lowest BCUT2D eigenvalue weighted by Crippen LogP contribution is -2.45. The van der Waals surface area contributed by atoms with Crippen molar-refractivity contribution in [2.24, 2.45) is 0 Å². The van der Waals surface area contributed by atoms with E-state index < -0.39 is 11.6 Å². The zero-order chi connectivity index (χ0) is 18.8. The van der Waals surface area contributed by atoms with Crippen LogP contribution in [0.15, 0.2) is 53.7 Å². The number of rotatable bonds is 5. The predicted molar refractivity (Wildman–Crippen MR) is 94.8 cm³/mol. The molecule has 3 aromatic rings. The van der Waals surface area contributed by atoms with Gasteiger partial charge in [-0.15, -0.1) is 10.2 Å². The van der Waals surface area contributed by atoms with E-state index in [1.807, 2.05) is 0 Å². The lowest BCUT2D eigenvalue weighted by atomic mass is 10.2. The molecule has 1 aromatic heterocycles. The van der Waals surface area contributed by atoms with Gasteiger partial charge in [-0.1, -0.05) is 42.1 Å². The fourth-order valence-corrected chi connectivity index (χ4v) is 3.51. The third-order valence-corrected chi connectivity index (χ3v) is 4.91. The van der Waals surface area contributed by atoms with Gasteiger partial charge in [-0.3, -0.25) is 4.79 Å². The second-order valence-electron chi connectivity index (χ2n) is 5.76. The van der Waals surface area contributed by atoms with Crippen LogP contribution >= 0.6 is 11.8 Å². The number of carbonyl (C=O) groups excluding carboxylic acids is 1. The Balaban J connectivity index is 1.61. The maximum atomic E-state index is 14.0. The third-order valence-electron chi connectivity index (χ3n) is 4.00. The Hall–Kier alpha value is -2.94. The summed E-state index contributed by atoms with van der Waals surface area (Å²) in [7, 11) is 0. The molecule has 0 fully saturated rings. The number of fused-ring (bicyclic) bond motifs is 1. The Morgan fingerprint density at radius 1 is 1.04 bits per heavy atom. The van der Waals surface area contributed by atoms with Crippen molar-refractivity contribution in [3.8, 4) is 5.75 Å². The molecule has 1 aliphatic rings. The van der Waals surface area contributed by atoms with Gasteiger partial charge >= 0.3 is 0 Å². The number of carbonyl (C=O) groups is 1. The molecular formula is C18H14F2N4O2S. The molecule has 0 aliphatic carbocycles. The minimum atomic E-state index is -0.496. The highest BCUT2D eigenvalue weighted by atomic mass is 32.2. The van der Waals surface area contributed by atoms with Crippen molar-refractivity contribution < 1.29 is 18.3 Å². The molecule has 0 saturated heterocycles. The van der Waals surface area contributed by atoms with Gasteiger partial charge in [0.25, 0.3) is 5.91 Å². The molecule has 0 saturated carbocycles. The fourth-order valence-electron chi connectivity index (χ4n) is 2.68. The second-order valence-corrected chi connectivity index (χ2v) is 6.70. The van der Waals surface area contributed by atoms with Gasteiger partial charge in [0.1, 0.15) is 12.4 Å². The normalized spacial score (nSPS) is 13.6. The van der Waals surface area contributed by atoms with Crippen LogP contribution in [-0.4, -0.2) is 26.5 Å². The molecule has 2 heterocycles. The summed E-state index contributed by atoms with van der Waals surface area (Å²) in [6, 6.07) is 12.3. The van der Waals surface area contributed by atoms with Crippen molar-refractivity contribution in [2.45, 2.75) is 18.3 Å². The van der Waals surface area contributed by atoms with Crippen molar-refractivity contribution in [2.75, 3.05) is 10.8 Å². The monoisotopic (exact) mass is 388 g/mol. The number of thioether (sulfide) groups is 1. The topological polar surface area (TPSA) is 60.2 Å². The molecule has 4 rings (SSSR count). The summed E-state index contributed by atoms with van der Waals surface area (Å²) in [6.07, 6.45) is 0. The summed E-state index contributed by atoms with van der Waals surface area (Å²) in [6.45, 7) is -0.0562. The van der Waals surface area contributed by atoms with Crippen LogP contribution in [0.2, 0.25) is 0 Å². The van der Waals surface area contributed by atoms with Crippen molar-refractivity contribution in [1.82, 2.24) is 14.9 Å². The number of hydrogen-bond acceptors (Lipinski definition) is 5. The molecule has 0 bridgehead atoms. The molecule has 6 nitrogen and oxygen atoms in total. The molecule has 0 spiro atoms. The van der Waals surface area contributed by atoms with E-state index in [-0.39, 0.29) is 30.6 Å². The van der Waals surface area contributed by atoms with Gasteiger partial charge in [0.15, 0.2) is 17.4 Å². The first-order chi connectivity index (χ1) is 13.1. The third kappa shape index (κ3) is 3.50. The van der Waals surface area contributed by atoms with Gasteiger partial charge in [-0.25, -0.2) is 18.5 Å². The number of amides is 1. The zero-order valence-electron chi connectivity index (χ0n) is 14.0. The molecular weight excluding hydrogens is 374 g/mol. The van der Waals surface area contributed by atoms with Crippen LogP contribution in [0.5, 0.6) is 5.75 Å². The van der Waals surface area contributed by atoms with E-state index in [0.717, 1.165) is 0 Å². The molecule has 1 aliphatic heterocycles. The van der Waals surface area contributed by atoms with Crippen LogP contribution in [-0.2, 0) is 17.9 Å². The smallest absolute Gasteiger partial charge is 0.252 e. The summed E-state index contributed by atoms with van der Waals surface area (Å²) in [4.78, 5) is 12.5. The highest BCUT2D eigenvalue weighted by Gasteiger charge is 2.30. The van der Waals surface area contributed by atoms with Crippen molar-refractivity contribution in [3.63, 3.8) is 0 Å². The van der Waals surface area contributed by atoms with Gasteiger partial charge in [-0.05, 0) is 18.2 Å². The minimum Gasteiger partial charge on any atom is -0.482 e. The van der Waals surface area contributed by atoms with Crippen LogP contribution in [0.25, 0.3) is 0 Å². The quantitative estimate of drug-likeness (QED) is 0.673. The standard InChI is InChI=1S/C18H14F2N4O2S/c19-13-6-2-1-5-12(13)9-23-17(25)11-27-18-22-21-16(24(18)23)10-26-15-8-4-3-7-14(15)20/h1-8H,9-11H2. The number of ether oxygens (including phenoxy) is 1. The number of hydrogen-bond donors (Lipinski definition) is 0. The molecule has 0 unspecified atom stereocenters. The van der Waals surface area contributed by atoms with Crippen LogP contribution in [0.1, 0.15) is 11.4 Å². The van der Waals surface area contributed by atoms with Gasteiger partial charge in [-0.2, -0.15) is 0 Å². The van der Waals surface area contributed by atoms with Gasteiger partial charge in [0.2, 0.25) is 5.16 Å². The average molecular weight is 388 g/mol. The van der Waals surface area contributed by atoms with Crippen molar-refractivity contribution >= 4 is 17.7 Å². The van der Waals surface area contributed by atoms with Gasteiger partial charge in [0, 0.05) is 5.56 Å². The van der Waals surface area contributed by atoms with E-state index in [9.17, 15) is 13.6 Å². The van der Waals surface area contributed by atoms with Crippen molar-refractivity contribution in [3.05, 3.63) is 71.6 Å². The largest absolute Gasteiger partial charge is 0.482 e. The Morgan fingerprint density at radius 2 is 1.78 bits per heavy atom. The molecule has 0 atom stereocenters. The number of benzene rings is 2. The lowest BCUT2D eigenvalue weighted by Gasteiger charge is -2.29. The minimum absolute atomic E-state index is 0.0316. The van der Waals surface area contributed by atoms with E-state index in [2.05, 4.69) is 10.2 Å². The van der Waals surface area contributed by atoms with E-state index in [4.69, 9.17) is 4.74 Å². The first-order valence-electron chi connectivity index (χ1n) is 8.12. The maximum absolute atomic E-state index is 14.0. The highest BCUT2D eigenvalue weighted by Crippen LogP contribution is 2.26. The second kappa shape index (κ2) is 7.36. The Morgan fingerprint density at radius 3 is 2.56 bits per heavy atom. The maximum Gasteiger partial charge on any atom is 0.252 e. The van der Waals surface area contributed by atoms with Crippen LogP contribution < -0.4 is 9.75 Å². The molecule has 0 N–H and O–H groups in total. The summed E-state index contributed by atoms with van der Waals surface area (Å²) in [5.74, 6) is -0.522. The summed E-state index contributed by atoms with van der Waals surface area (Å²) in [5, 5.41) is 9.98. The lowest BCUT2D eigenvalue weighted by molar-refractivity contribution is -0.118. The number of halogens is 2. The molecule has 138 valence electrons. The van der Waals surface area contributed by atoms with Crippen LogP contribution in [0.4, 0.5) is 8.78 Å². The summed E-state index contributed by atoms with van der Waals surface area (Å²) >= 11 is 1.24. The zero-order valence-corrected chi connectivity index (χ0v) is 14.8. The van der Waals surface area contributed by atoms with E-state index >= 15 is 0 Å². The molecule has 0 radical (unpaired) electrons. The van der Waals surface area contributed by atoms with Crippen LogP contribution in [0, 0.1) is 11.6 Å². The van der Waals surface area contributed by atoms with Gasteiger partial charge in [0.05, 0.1) is 12.3 Å². The SMILES string of the molecule is O=C1CSc2nnc(COc3ccccc3F)n2N1Cc1ccccc1F. The highest BCUT2D eigenvalue weighted by molar-refractivity contribution is 7.99. The fraction of sp³-hybridized carbons (Fsp3) is 0.167. The summed E-state index contributed by atoms with van der Waals surface area (Å²) in [5.41, 5.74) is 0.373. The number of aromatic nitrogens is 3. The first kappa shape index (κ1) is 17.5. The number of para-hydroxylation sites is 1. The summed E-state index contributed by atoms with van der Waals surface area (Å²) < 4.78 is 34.8. The van der Waals surface area contributed by atoms with E-state index in [1.54, 1.807) is 30.3 Å². The van der Waals surface area contributed by atoms with Crippen LogP contribution in [0.3, 0.4) is 0 Å². The molecule has 2 aromatic carbocycles. The molecule has 9 heteroatoms. The Kier molecular flexibility index (Phi) is 4.76. The molecule has 27 heavy (non-hydrogen) atoms. The van der Waals surface area contributed by atoms with E-state index in [0.29, 0.717) is 16.5 Å². The van der Waals surface area contributed by atoms with E-state index in [1.165, 1.54) is 39.6 Å². The van der Waals surface area contributed by atoms with Gasteiger partial charge < -0.3 is 4.74 Å². The average Bonchev–Trinajstić information content (AvgIpc) is 3.08. The number of nitrogens with zero attached hydrogens (tertiary/aromatic N) is 4. The first-order valence-corrected chi connectivity index (χ1v) is 9.10. The predicted octanol–water partition coefficient (Wildman–Crippen LogP) is 2.91. The molecule has 1 amide bonds. The Bertz CT molecular complexity index is 995. The Labute approximate surface area is 157 Å².